The summed E-state index contributed by atoms with van der Waals surface area (Å²) in [5, 5.41) is 11.2. The Morgan fingerprint density at radius 1 is 1.44 bits per heavy atom. The Morgan fingerprint density at radius 2 is 2.15 bits per heavy atom. The molecule has 0 unspecified atom stereocenters. The van der Waals surface area contributed by atoms with Crippen molar-refractivity contribution in [3.63, 3.8) is 0 Å². The number of ether oxygens (including phenoxy) is 2. The van der Waals surface area contributed by atoms with Gasteiger partial charge in [-0.3, -0.25) is 4.79 Å². The fourth-order valence-electron chi connectivity index (χ4n) is 4.10. The van der Waals surface area contributed by atoms with Crippen LogP contribution in [0.25, 0.3) is 0 Å². The van der Waals surface area contributed by atoms with Crippen LogP contribution < -0.4 is 4.74 Å². The summed E-state index contributed by atoms with van der Waals surface area (Å²) in [5.41, 5.74) is 4.21. The van der Waals surface area contributed by atoms with E-state index in [0.29, 0.717) is 19.8 Å². The molecule has 1 N–H and O–H groups in total. The Bertz CT molecular complexity index is 685. The number of carbonyl (C=O) groups excluding carboxylic acids is 1. The summed E-state index contributed by atoms with van der Waals surface area (Å²) in [6.45, 7) is 11.2. The minimum absolute atomic E-state index is 0.0456. The average molecular weight is 376 g/mol. The summed E-state index contributed by atoms with van der Waals surface area (Å²) in [6, 6.07) is 2.04. The number of carbonyl (C=O) groups is 1. The van der Waals surface area contributed by atoms with Crippen molar-refractivity contribution in [1.29, 1.82) is 0 Å². The van der Waals surface area contributed by atoms with E-state index in [4.69, 9.17) is 9.47 Å². The van der Waals surface area contributed by atoms with Crippen molar-refractivity contribution in [1.82, 2.24) is 4.90 Å². The molecule has 0 radical (unpaired) electrons. The molecular weight excluding hydrogens is 342 g/mol. The number of likely N-dealkylation sites (N-methyl/N-ethyl adjacent to an activating group) is 1. The second kappa shape index (κ2) is 9.38. The van der Waals surface area contributed by atoms with E-state index in [1.165, 1.54) is 5.56 Å². The first-order valence-electron chi connectivity index (χ1n) is 9.62. The molecule has 1 aromatic carbocycles. The van der Waals surface area contributed by atoms with E-state index in [-0.39, 0.29) is 17.7 Å². The molecule has 2 rings (SSSR count). The fourth-order valence-corrected chi connectivity index (χ4v) is 4.10. The molecule has 150 valence electrons. The second-order valence-electron chi connectivity index (χ2n) is 7.49. The number of benzene rings is 1. The van der Waals surface area contributed by atoms with Gasteiger partial charge in [-0.25, -0.2) is 0 Å². The van der Waals surface area contributed by atoms with Crippen LogP contribution in [-0.2, 0) is 16.0 Å². The first-order valence-corrected chi connectivity index (χ1v) is 9.62. The largest absolute Gasteiger partial charge is 0.491 e. The smallest absolute Gasteiger partial charge is 0.225 e. The standard InChI is InChI=1S/C22H33NO4/c1-7-10-23(5)22(25)15(3)18-9-8-17-14(2)13-19(27-12-11-26-6)16(4)20(17)21(18)24/h7,13,15,18,21,24H,1,8-12H2,2-6H3/t15-,18-,21+/m0/s1. The molecule has 5 heteroatoms. The van der Waals surface area contributed by atoms with Crippen molar-refractivity contribution >= 4 is 5.91 Å². The number of fused-ring (bicyclic) bond motifs is 1. The predicted octanol–water partition coefficient (Wildman–Crippen LogP) is 3.20. The van der Waals surface area contributed by atoms with Crippen LogP contribution in [0, 0.1) is 25.7 Å². The van der Waals surface area contributed by atoms with Crippen LogP contribution in [-0.4, -0.2) is 49.8 Å². The van der Waals surface area contributed by atoms with Crippen LogP contribution in [0.3, 0.4) is 0 Å². The lowest BCUT2D eigenvalue weighted by Crippen LogP contribution is -2.39. The average Bonchev–Trinajstić information content (AvgIpc) is 2.64. The maximum atomic E-state index is 12.7. The Kier molecular flexibility index (Phi) is 7.45. The number of amides is 1. The Morgan fingerprint density at radius 3 is 2.78 bits per heavy atom. The van der Waals surface area contributed by atoms with E-state index in [0.717, 1.165) is 35.3 Å². The zero-order valence-corrected chi connectivity index (χ0v) is 17.2. The van der Waals surface area contributed by atoms with Gasteiger partial charge in [0.05, 0.1) is 12.7 Å². The number of hydrogen-bond donors (Lipinski definition) is 1. The molecule has 1 amide bonds. The molecule has 27 heavy (non-hydrogen) atoms. The summed E-state index contributed by atoms with van der Waals surface area (Å²) in [4.78, 5) is 14.4. The highest BCUT2D eigenvalue weighted by molar-refractivity contribution is 5.79. The maximum absolute atomic E-state index is 12.7. The molecule has 1 aliphatic rings. The third kappa shape index (κ3) is 4.53. The number of nitrogens with zero attached hydrogens (tertiary/aromatic N) is 1. The van der Waals surface area contributed by atoms with E-state index in [2.05, 4.69) is 13.5 Å². The quantitative estimate of drug-likeness (QED) is 0.560. The van der Waals surface area contributed by atoms with Crippen LogP contribution in [0.2, 0.25) is 0 Å². The molecule has 1 aromatic rings. The van der Waals surface area contributed by atoms with Crippen molar-refractivity contribution in [2.45, 2.75) is 39.7 Å². The van der Waals surface area contributed by atoms with Gasteiger partial charge in [-0.2, -0.15) is 0 Å². The summed E-state index contributed by atoms with van der Waals surface area (Å²) < 4.78 is 10.9. The number of rotatable bonds is 8. The normalized spacial score (nSPS) is 19.9. The molecule has 0 bridgehead atoms. The number of aliphatic hydroxyl groups excluding tert-OH is 1. The SMILES string of the molecule is C=CCN(C)C(=O)[C@@H](C)[C@@H]1CCc2c(C)cc(OCCOC)c(C)c2[C@@H]1O. The first-order chi connectivity index (χ1) is 12.8. The Labute approximate surface area is 163 Å². The molecular formula is C22H33NO4. The van der Waals surface area contributed by atoms with Gasteiger partial charge in [-0.15, -0.1) is 6.58 Å². The van der Waals surface area contributed by atoms with Crippen LogP contribution in [0.4, 0.5) is 0 Å². The molecule has 3 atom stereocenters. The number of hydrogen-bond acceptors (Lipinski definition) is 4. The van der Waals surface area contributed by atoms with Gasteiger partial charge in [0.15, 0.2) is 0 Å². The third-order valence-corrected chi connectivity index (χ3v) is 5.71. The molecule has 1 aliphatic carbocycles. The molecule has 5 nitrogen and oxygen atoms in total. The highest BCUT2D eigenvalue weighted by atomic mass is 16.5. The molecule has 0 heterocycles. The molecule has 0 saturated heterocycles. The lowest BCUT2D eigenvalue weighted by molar-refractivity contribution is -0.137. The van der Waals surface area contributed by atoms with Gasteiger partial charge in [0.2, 0.25) is 5.91 Å². The summed E-state index contributed by atoms with van der Waals surface area (Å²) >= 11 is 0. The minimum atomic E-state index is -0.672. The van der Waals surface area contributed by atoms with Crippen molar-refractivity contribution < 1.29 is 19.4 Å². The highest BCUT2D eigenvalue weighted by Gasteiger charge is 2.37. The first kappa shape index (κ1) is 21.5. The number of aryl methyl sites for hydroxylation is 1. The van der Waals surface area contributed by atoms with Crippen molar-refractivity contribution in [2.75, 3.05) is 33.9 Å². The van der Waals surface area contributed by atoms with E-state index in [1.807, 2.05) is 19.9 Å². The van der Waals surface area contributed by atoms with Gasteiger partial charge < -0.3 is 19.5 Å². The predicted molar refractivity (Wildman–Crippen MR) is 107 cm³/mol. The molecule has 0 aliphatic heterocycles. The van der Waals surface area contributed by atoms with Crippen molar-refractivity contribution in [3.05, 3.63) is 41.0 Å². The van der Waals surface area contributed by atoms with Crippen LogP contribution >= 0.6 is 0 Å². The summed E-state index contributed by atoms with van der Waals surface area (Å²) in [6.07, 6.45) is 2.71. The maximum Gasteiger partial charge on any atom is 0.225 e. The van der Waals surface area contributed by atoms with Gasteiger partial charge in [0.1, 0.15) is 12.4 Å². The lowest BCUT2D eigenvalue weighted by Gasteiger charge is -2.37. The van der Waals surface area contributed by atoms with E-state index in [1.54, 1.807) is 25.1 Å². The zero-order valence-electron chi connectivity index (χ0n) is 17.2. The molecule has 0 fully saturated rings. The van der Waals surface area contributed by atoms with Crippen LogP contribution in [0.5, 0.6) is 5.75 Å². The van der Waals surface area contributed by atoms with Gasteiger partial charge in [0, 0.05) is 32.5 Å². The lowest BCUT2D eigenvalue weighted by atomic mass is 9.72. The Balaban J connectivity index is 2.30. The van der Waals surface area contributed by atoms with E-state index in [9.17, 15) is 9.90 Å². The Hall–Kier alpha value is -1.85. The summed E-state index contributed by atoms with van der Waals surface area (Å²) in [7, 11) is 3.42. The zero-order chi connectivity index (χ0) is 20.1. The number of aliphatic hydroxyl groups is 1. The molecule has 0 saturated carbocycles. The molecule has 0 spiro atoms. The van der Waals surface area contributed by atoms with E-state index >= 15 is 0 Å². The van der Waals surface area contributed by atoms with E-state index < -0.39 is 6.10 Å². The highest BCUT2D eigenvalue weighted by Crippen LogP contribution is 2.44. The van der Waals surface area contributed by atoms with Crippen molar-refractivity contribution in [3.8, 4) is 5.75 Å². The van der Waals surface area contributed by atoms with Crippen LogP contribution in [0.1, 0.15) is 41.7 Å². The fraction of sp³-hybridized carbons (Fsp3) is 0.591. The topological polar surface area (TPSA) is 59.0 Å². The summed E-state index contributed by atoms with van der Waals surface area (Å²) in [5.74, 6) is 0.468. The third-order valence-electron chi connectivity index (χ3n) is 5.71. The van der Waals surface area contributed by atoms with Crippen molar-refractivity contribution in [2.24, 2.45) is 11.8 Å². The second-order valence-corrected chi connectivity index (χ2v) is 7.49. The number of methoxy groups -OCH3 is 1. The molecule has 0 aromatic heterocycles. The minimum Gasteiger partial charge on any atom is -0.491 e. The van der Waals surface area contributed by atoms with Gasteiger partial charge in [-0.05, 0) is 55.0 Å². The van der Waals surface area contributed by atoms with Gasteiger partial charge in [-0.1, -0.05) is 13.0 Å². The van der Waals surface area contributed by atoms with Gasteiger partial charge >= 0.3 is 0 Å². The monoisotopic (exact) mass is 375 g/mol. The van der Waals surface area contributed by atoms with Crippen LogP contribution in [0.15, 0.2) is 18.7 Å². The van der Waals surface area contributed by atoms with Gasteiger partial charge in [0.25, 0.3) is 0 Å².